The normalized spacial score (nSPS) is 10.8. The van der Waals surface area contributed by atoms with Crippen molar-refractivity contribution in [1.29, 1.82) is 0 Å². The Kier molecular flexibility index (Phi) is 4.69. The standard InChI is InChI=1S/C17H18N4O3/c1-3-10-21-16(22)9-8-14(19-21)17-18-15(20-24-17)11-12-4-6-13(23-2)7-5-12/h4-9H,3,10-11H2,1-2H3. The zero-order chi connectivity index (χ0) is 16.9. The number of ether oxygens (including phenoxy) is 1. The number of benzene rings is 1. The Morgan fingerprint density at radius 1 is 1.17 bits per heavy atom. The summed E-state index contributed by atoms with van der Waals surface area (Å²) in [6.45, 7) is 2.54. The Hall–Kier alpha value is -2.96. The van der Waals surface area contributed by atoms with E-state index in [4.69, 9.17) is 9.26 Å². The minimum atomic E-state index is -0.140. The summed E-state index contributed by atoms with van der Waals surface area (Å²) in [7, 11) is 1.63. The van der Waals surface area contributed by atoms with Crippen molar-refractivity contribution in [2.45, 2.75) is 26.3 Å². The SMILES string of the molecule is CCCn1nc(-c2nc(Cc3ccc(OC)cc3)no2)ccc1=O. The number of aryl methyl sites for hydroxylation is 1. The van der Waals surface area contributed by atoms with Crippen molar-refractivity contribution >= 4 is 0 Å². The van der Waals surface area contributed by atoms with Crippen LogP contribution in [0.1, 0.15) is 24.7 Å². The van der Waals surface area contributed by atoms with Crippen LogP contribution >= 0.6 is 0 Å². The quantitative estimate of drug-likeness (QED) is 0.691. The van der Waals surface area contributed by atoms with Gasteiger partial charge in [0, 0.05) is 19.0 Å². The van der Waals surface area contributed by atoms with Gasteiger partial charge in [-0.3, -0.25) is 4.79 Å². The van der Waals surface area contributed by atoms with E-state index in [1.165, 1.54) is 10.7 Å². The van der Waals surface area contributed by atoms with Gasteiger partial charge in [0.1, 0.15) is 11.4 Å². The van der Waals surface area contributed by atoms with E-state index in [0.717, 1.165) is 17.7 Å². The van der Waals surface area contributed by atoms with Gasteiger partial charge in [0.15, 0.2) is 5.82 Å². The molecule has 3 aromatic rings. The Bertz CT molecular complexity index is 868. The number of methoxy groups -OCH3 is 1. The van der Waals surface area contributed by atoms with Crippen molar-refractivity contribution < 1.29 is 9.26 Å². The number of rotatable bonds is 6. The van der Waals surface area contributed by atoms with E-state index in [0.29, 0.717) is 30.4 Å². The average Bonchev–Trinajstić information content (AvgIpc) is 3.06. The highest BCUT2D eigenvalue weighted by molar-refractivity contribution is 5.44. The first-order chi connectivity index (χ1) is 11.7. The summed E-state index contributed by atoms with van der Waals surface area (Å²) >= 11 is 0. The van der Waals surface area contributed by atoms with Crippen LogP contribution < -0.4 is 10.3 Å². The van der Waals surface area contributed by atoms with Gasteiger partial charge in [0.25, 0.3) is 11.4 Å². The molecule has 0 saturated carbocycles. The lowest BCUT2D eigenvalue weighted by atomic mass is 10.1. The Morgan fingerprint density at radius 3 is 2.67 bits per heavy atom. The molecule has 1 aromatic carbocycles. The molecule has 0 saturated heterocycles. The summed E-state index contributed by atoms with van der Waals surface area (Å²) < 4.78 is 11.8. The summed E-state index contributed by atoms with van der Waals surface area (Å²) in [6, 6.07) is 10.7. The van der Waals surface area contributed by atoms with Gasteiger partial charge in [-0.1, -0.05) is 24.2 Å². The molecule has 0 amide bonds. The van der Waals surface area contributed by atoms with Crippen molar-refractivity contribution in [2.75, 3.05) is 7.11 Å². The molecule has 0 aliphatic carbocycles. The van der Waals surface area contributed by atoms with E-state index < -0.39 is 0 Å². The van der Waals surface area contributed by atoms with Gasteiger partial charge in [-0.15, -0.1) is 0 Å². The first-order valence-electron chi connectivity index (χ1n) is 7.73. The van der Waals surface area contributed by atoms with Crippen LogP contribution in [0.3, 0.4) is 0 Å². The fourth-order valence-electron chi connectivity index (χ4n) is 2.29. The van der Waals surface area contributed by atoms with E-state index in [9.17, 15) is 4.79 Å². The van der Waals surface area contributed by atoms with E-state index in [-0.39, 0.29) is 5.56 Å². The molecule has 0 aliphatic rings. The summed E-state index contributed by atoms with van der Waals surface area (Å²) in [4.78, 5) is 16.1. The van der Waals surface area contributed by atoms with Gasteiger partial charge in [-0.2, -0.15) is 10.1 Å². The van der Waals surface area contributed by atoms with Crippen LogP contribution in [0.25, 0.3) is 11.6 Å². The maximum Gasteiger partial charge on any atom is 0.278 e. The second kappa shape index (κ2) is 7.08. The first kappa shape index (κ1) is 15.9. The lowest BCUT2D eigenvalue weighted by Crippen LogP contribution is -2.22. The third-order valence-corrected chi connectivity index (χ3v) is 3.51. The molecule has 0 spiro atoms. The minimum absolute atomic E-state index is 0.140. The first-order valence-corrected chi connectivity index (χ1v) is 7.73. The fraction of sp³-hybridized carbons (Fsp3) is 0.294. The number of hydrogen-bond acceptors (Lipinski definition) is 6. The molecule has 3 rings (SSSR count). The molecule has 2 aromatic heterocycles. The highest BCUT2D eigenvalue weighted by Gasteiger charge is 2.12. The zero-order valence-corrected chi connectivity index (χ0v) is 13.6. The maximum absolute atomic E-state index is 11.7. The highest BCUT2D eigenvalue weighted by Crippen LogP contribution is 2.16. The predicted octanol–water partition coefficient (Wildman–Crippen LogP) is 2.30. The molecular weight excluding hydrogens is 308 g/mol. The zero-order valence-electron chi connectivity index (χ0n) is 13.6. The van der Waals surface area contributed by atoms with E-state index in [1.54, 1.807) is 13.2 Å². The minimum Gasteiger partial charge on any atom is -0.497 e. The van der Waals surface area contributed by atoms with Crippen molar-refractivity contribution in [3.05, 3.63) is 58.1 Å². The Labute approximate surface area is 138 Å². The van der Waals surface area contributed by atoms with Crippen molar-refractivity contribution in [3.63, 3.8) is 0 Å². The third kappa shape index (κ3) is 3.51. The second-order valence-electron chi connectivity index (χ2n) is 5.32. The van der Waals surface area contributed by atoms with Gasteiger partial charge in [-0.05, 0) is 30.2 Å². The molecule has 0 radical (unpaired) electrons. The smallest absolute Gasteiger partial charge is 0.278 e. The largest absolute Gasteiger partial charge is 0.497 e. The lowest BCUT2D eigenvalue weighted by molar-refractivity contribution is 0.414. The molecule has 7 heteroatoms. The topological polar surface area (TPSA) is 83.0 Å². The van der Waals surface area contributed by atoms with E-state index >= 15 is 0 Å². The molecule has 24 heavy (non-hydrogen) atoms. The van der Waals surface area contributed by atoms with Gasteiger partial charge in [0.2, 0.25) is 0 Å². The fourth-order valence-corrected chi connectivity index (χ4v) is 2.29. The number of nitrogens with zero attached hydrogens (tertiary/aromatic N) is 4. The van der Waals surface area contributed by atoms with Crippen LogP contribution in [0.2, 0.25) is 0 Å². The molecule has 0 bridgehead atoms. The second-order valence-corrected chi connectivity index (χ2v) is 5.32. The lowest BCUT2D eigenvalue weighted by Gasteiger charge is -2.02. The summed E-state index contributed by atoms with van der Waals surface area (Å²) in [5, 5.41) is 8.25. The molecule has 0 aliphatic heterocycles. The number of aromatic nitrogens is 4. The third-order valence-electron chi connectivity index (χ3n) is 3.51. The van der Waals surface area contributed by atoms with Gasteiger partial charge >= 0.3 is 0 Å². The molecule has 0 fully saturated rings. The van der Waals surface area contributed by atoms with Crippen molar-refractivity contribution in [2.24, 2.45) is 0 Å². The van der Waals surface area contributed by atoms with Crippen LogP contribution in [0.4, 0.5) is 0 Å². The van der Waals surface area contributed by atoms with Crippen LogP contribution in [0, 0.1) is 0 Å². The molecule has 0 unspecified atom stereocenters. The predicted molar refractivity (Wildman–Crippen MR) is 87.9 cm³/mol. The molecule has 0 atom stereocenters. The van der Waals surface area contributed by atoms with Crippen LogP contribution in [-0.4, -0.2) is 27.0 Å². The Balaban J connectivity index is 1.79. The molecule has 0 N–H and O–H groups in total. The van der Waals surface area contributed by atoms with Crippen molar-refractivity contribution in [3.8, 4) is 17.3 Å². The average molecular weight is 326 g/mol. The Morgan fingerprint density at radius 2 is 1.96 bits per heavy atom. The molecule has 7 nitrogen and oxygen atoms in total. The van der Waals surface area contributed by atoms with E-state index in [2.05, 4.69) is 15.2 Å². The summed E-state index contributed by atoms with van der Waals surface area (Å²) in [5.41, 5.74) is 1.40. The maximum atomic E-state index is 11.7. The van der Waals surface area contributed by atoms with Gasteiger partial charge in [-0.25, -0.2) is 4.68 Å². The highest BCUT2D eigenvalue weighted by atomic mass is 16.5. The molecular formula is C17H18N4O3. The number of hydrogen-bond donors (Lipinski definition) is 0. The van der Waals surface area contributed by atoms with E-state index in [1.807, 2.05) is 31.2 Å². The molecule has 2 heterocycles. The summed E-state index contributed by atoms with van der Waals surface area (Å²) in [5.74, 6) is 1.67. The van der Waals surface area contributed by atoms with Gasteiger partial charge < -0.3 is 9.26 Å². The molecule has 124 valence electrons. The summed E-state index contributed by atoms with van der Waals surface area (Å²) in [6.07, 6.45) is 1.37. The van der Waals surface area contributed by atoms with Crippen LogP contribution in [-0.2, 0) is 13.0 Å². The van der Waals surface area contributed by atoms with Crippen molar-refractivity contribution in [1.82, 2.24) is 19.9 Å². The van der Waals surface area contributed by atoms with Crippen LogP contribution in [0.15, 0.2) is 45.7 Å². The monoisotopic (exact) mass is 326 g/mol. The van der Waals surface area contributed by atoms with Crippen LogP contribution in [0.5, 0.6) is 5.75 Å². The van der Waals surface area contributed by atoms with Gasteiger partial charge in [0.05, 0.1) is 7.11 Å².